The van der Waals surface area contributed by atoms with Crippen LogP contribution < -0.4 is 0 Å². The molecule has 0 saturated heterocycles. The third kappa shape index (κ3) is 4.95. The Kier molecular flexibility index (Phi) is 5.52. The van der Waals surface area contributed by atoms with Crippen LogP contribution in [0.25, 0.3) is 0 Å². The van der Waals surface area contributed by atoms with Gasteiger partial charge in [-0.3, -0.25) is 4.79 Å². The average Bonchev–Trinajstić information content (AvgIpc) is 2.53. The van der Waals surface area contributed by atoms with Gasteiger partial charge in [0.15, 0.2) is 0 Å². The molecule has 1 amide bonds. The van der Waals surface area contributed by atoms with Gasteiger partial charge in [0.05, 0.1) is 5.56 Å². The fourth-order valence-electron chi connectivity index (χ4n) is 2.43. The number of nitrogens with zero attached hydrogens (tertiary/aromatic N) is 1. The zero-order valence-electron chi connectivity index (χ0n) is 13.5. The van der Waals surface area contributed by atoms with Gasteiger partial charge in [0.2, 0.25) is 5.91 Å². The van der Waals surface area contributed by atoms with Gasteiger partial charge in [0.25, 0.3) is 0 Å². The van der Waals surface area contributed by atoms with E-state index in [-0.39, 0.29) is 11.5 Å². The van der Waals surface area contributed by atoms with E-state index in [1.165, 1.54) is 5.56 Å². The summed E-state index contributed by atoms with van der Waals surface area (Å²) in [5, 5.41) is 8.87. The van der Waals surface area contributed by atoms with Crippen LogP contribution in [0.15, 0.2) is 48.5 Å². The predicted molar refractivity (Wildman–Crippen MR) is 89.4 cm³/mol. The molecule has 4 heteroatoms. The molecule has 0 unspecified atom stereocenters. The van der Waals surface area contributed by atoms with Crippen LogP contribution in [-0.4, -0.2) is 28.9 Å². The van der Waals surface area contributed by atoms with Gasteiger partial charge in [-0.05, 0) is 36.6 Å². The Hall–Kier alpha value is -2.62. The van der Waals surface area contributed by atoms with Crippen molar-refractivity contribution in [2.45, 2.75) is 26.3 Å². The molecule has 0 atom stereocenters. The van der Waals surface area contributed by atoms with E-state index < -0.39 is 5.97 Å². The Bertz CT molecular complexity index is 692. The molecule has 0 aromatic heterocycles. The normalized spacial score (nSPS) is 10.3. The number of carbonyl (C=O) groups is 2. The highest BCUT2D eigenvalue weighted by Gasteiger charge is 2.10. The van der Waals surface area contributed by atoms with Crippen molar-refractivity contribution in [3.8, 4) is 0 Å². The number of carbonyl (C=O) groups excluding carboxylic acids is 1. The van der Waals surface area contributed by atoms with E-state index in [0.29, 0.717) is 19.4 Å². The molecule has 2 aromatic carbocycles. The van der Waals surface area contributed by atoms with Crippen molar-refractivity contribution in [2.24, 2.45) is 0 Å². The largest absolute Gasteiger partial charge is 0.478 e. The number of hydrogen-bond acceptors (Lipinski definition) is 2. The fraction of sp³-hybridized carbons (Fsp3) is 0.263. The van der Waals surface area contributed by atoms with Gasteiger partial charge in [-0.15, -0.1) is 0 Å². The number of amides is 1. The van der Waals surface area contributed by atoms with Crippen molar-refractivity contribution in [1.82, 2.24) is 4.90 Å². The molecule has 0 bridgehead atoms. The average molecular weight is 311 g/mol. The van der Waals surface area contributed by atoms with Crippen molar-refractivity contribution in [1.29, 1.82) is 0 Å². The summed E-state index contributed by atoms with van der Waals surface area (Å²) in [6, 6.07) is 14.8. The van der Waals surface area contributed by atoms with Crippen molar-refractivity contribution in [3.63, 3.8) is 0 Å². The number of aromatic carboxylic acids is 1. The maximum atomic E-state index is 12.2. The first-order chi connectivity index (χ1) is 11.0. The molecule has 0 aliphatic rings. The second kappa shape index (κ2) is 7.58. The van der Waals surface area contributed by atoms with E-state index >= 15 is 0 Å². The van der Waals surface area contributed by atoms with Crippen LogP contribution in [0.4, 0.5) is 0 Å². The smallest absolute Gasteiger partial charge is 0.335 e. The van der Waals surface area contributed by atoms with E-state index in [4.69, 9.17) is 5.11 Å². The van der Waals surface area contributed by atoms with Gasteiger partial charge in [0, 0.05) is 20.0 Å². The highest BCUT2D eigenvalue weighted by molar-refractivity contribution is 5.87. The van der Waals surface area contributed by atoms with Crippen LogP contribution in [-0.2, 0) is 17.8 Å². The Morgan fingerprint density at radius 1 is 1.04 bits per heavy atom. The maximum Gasteiger partial charge on any atom is 0.335 e. The number of carboxylic acids is 1. The summed E-state index contributed by atoms with van der Waals surface area (Å²) in [6.45, 7) is 2.63. The zero-order chi connectivity index (χ0) is 16.8. The standard InChI is InChI=1S/C19H21NO3/c1-14-4-3-5-16(12-14)13-20(2)18(21)11-8-15-6-9-17(10-7-15)19(22)23/h3-7,9-10,12H,8,11,13H2,1-2H3,(H,22,23). The highest BCUT2D eigenvalue weighted by Crippen LogP contribution is 2.10. The Morgan fingerprint density at radius 2 is 1.74 bits per heavy atom. The summed E-state index contributed by atoms with van der Waals surface area (Å²) in [5.74, 6) is -0.862. The third-order valence-electron chi connectivity index (χ3n) is 3.76. The molecule has 2 rings (SSSR count). The van der Waals surface area contributed by atoms with E-state index in [1.54, 1.807) is 36.2 Å². The van der Waals surface area contributed by atoms with E-state index in [0.717, 1.165) is 11.1 Å². The lowest BCUT2D eigenvalue weighted by atomic mass is 10.1. The molecule has 2 aromatic rings. The third-order valence-corrected chi connectivity index (χ3v) is 3.76. The van der Waals surface area contributed by atoms with Crippen LogP contribution in [0.1, 0.15) is 33.5 Å². The summed E-state index contributed by atoms with van der Waals surface area (Å²) in [5.41, 5.74) is 3.53. The first-order valence-electron chi connectivity index (χ1n) is 7.57. The summed E-state index contributed by atoms with van der Waals surface area (Å²) >= 11 is 0. The van der Waals surface area contributed by atoms with Gasteiger partial charge >= 0.3 is 5.97 Å². The van der Waals surface area contributed by atoms with Crippen LogP contribution in [0.5, 0.6) is 0 Å². The van der Waals surface area contributed by atoms with E-state index in [1.807, 2.05) is 25.1 Å². The van der Waals surface area contributed by atoms with Gasteiger partial charge in [-0.1, -0.05) is 42.0 Å². The minimum Gasteiger partial charge on any atom is -0.478 e. The quantitative estimate of drug-likeness (QED) is 0.890. The molecule has 0 radical (unpaired) electrons. The Morgan fingerprint density at radius 3 is 2.35 bits per heavy atom. The predicted octanol–water partition coefficient (Wildman–Crippen LogP) is 3.28. The molecule has 23 heavy (non-hydrogen) atoms. The maximum absolute atomic E-state index is 12.2. The summed E-state index contributed by atoms with van der Waals surface area (Å²) in [4.78, 5) is 24.7. The molecule has 0 aliphatic heterocycles. The second-order valence-corrected chi connectivity index (χ2v) is 5.74. The summed E-state index contributed by atoms with van der Waals surface area (Å²) in [7, 11) is 1.80. The molecular weight excluding hydrogens is 290 g/mol. The number of hydrogen-bond donors (Lipinski definition) is 1. The molecule has 0 aliphatic carbocycles. The zero-order valence-corrected chi connectivity index (χ0v) is 13.5. The lowest BCUT2D eigenvalue weighted by Gasteiger charge is -2.17. The van der Waals surface area contributed by atoms with E-state index in [9.17, 15) is 9.59 Å². The Labute approximate surface area is 136 Å². The summed E-state index contributed by atoms with van der Waals surface area (Å²) in [6.07, 6.45) is 1.02. The van der Waals surface area contributed by atoms with Crippen molar-refractivity contribution in [2.75, 3.05) is 7.05 Å². The second-order valence-electron chi connectivity index (χ2n) is 5.74. The number of rotatable bonds is 6. The molecule has 0 spiro atoms. The molecular formula is C19H21NO3. The van der Waals surface area contributed by atoms with E-state index in [2.05, 4.69) is 6.07 Å². The summed E-state index contributed by atoms with van der Waals surface area (Å²) < 4.78 is 0. The SMILES string of the molecule is Cc1cccc(CN(C)C(=O)CCc2ccc(C(=O)O)cc2)c1. The number of benzene rings is 2. The topological polar surface area (TPSA) is 57.6 Å². The molecule has 4 nitrogen and oxygen atoms in total. The van der Waals surface area contributed by atoms with Crippen molar-refractivity contribution in [3.05, 3.63) is 70.8 Å². The molecule has 1 N–H and O–H groups in total. The van der Waals surface area contributed by atoms with Crippen molar-refractivity contribution < 1.29 is 14.7 Å². The lowest BCUT2D eigenvalue weighted by molar-refractivity contribution is -0.130. The van der Waals surface area contributed by atoms with Gasteiger partial charge in [-0.2, -0.15) is 0 Å². The van der Waals surface area contributed by atoms with Gasteiger partial charge in [0.1, 0.15) is 0 Å². The Balaban J connectivity index is 1.87. The minimum atomic E-state index is -0.939. The lowest BCUT2D eigenvalue weighted by Crippen LogP contribution is -2.26. The molecule has 0 fully saturated rings. The first-order valence-corrected chi connectivity index (χ1v) is 7.57. The monoisotopic (exact) mass is 311 g/mol. The highest BCUT2D eigenvalue weighted by atomic mass is 16.4. The van der Waals surface area contributed by atoms with Gasteiger partial charge in [-0.25, -0.2) is 4.79 Å². The molecule has 0 heterocycles. The molecule has 120 valence electrons. The van der Waals surface area contributed by atoms with Crippen LogP contribution in [0, 0.1) is 6.92 Å². The van der Waals surface area contributed by atoms with Crippen molar-refractivity contribution >= 4 is 11.9 Å². The van der Waals surface area contributed by atoms with Crippen LogP contribution >= 0.6 is 0 Å². The van der Waals surface area contributed by atoms with Gasteiger partial charge < -0.3 is 10.0 Å². The number of aryl methyl sites for hydroxylation is 2. The van der Waals surface area contributed by atoms with Crippen LogP contribution in [0.2, 0.25) is 0 Å². The fourth-order valence-corrected chi connectivity index (χ4v) is 2.43. The first kappa shape index (κ1) is 16.7. The minimum absolute atomic E-state index is 0.0776. The number of carboxylic acid groups (broad SMARTS) is 1. The van der Waals surface area contributed by atoms with Crippen LogP contribution in [0.3, 0.4) is 0 Å². The molecule has 0 saturated carbocycles.